The predicted octanol–water partition coefficient (Wildman–Crippen LogP) is 6.93. The van der Waals surface area contributed by atoms with Crippen LogP contribution in [0.5, 0.6) is 0 Å². The van der Waals surface area contributed by atoms with Gasteiger partial charge in [0.15, 0.2) is 0 Å². The van der Waals surface area contributed by atoms with Gasteiger partial charge in [0.05, 0.1) is 5.56 Å². The van der Waals surface area contributed by atoms with Crippen LogP contribution in [0.2, 0.25) is 0 Å². The molecule has 1 aliphatic heterocycles. The van der Waals surface area contributed by atoms with Gasteiger partial charge in [0.2, 0.25) is 5.91 Å². The van der Waals surface area contributed by atoms with Crippen molar-refractivity contribution in [3.63, 3.8) is 0 Å². The third kappa shape index (κ3) is 7.40. The number of alkyl halides is 3. The number of rotatable bonds is 6. The number of hydrogen-bond acceptors (Lipinski definition) is 4. The average molecular weight is 545 g/mol. The van der Waals surface area contributed by atoms with E-state index in [1.165, 1.54) is 17.3 Å². The number of halogens is 3. The number of benzene rings is 2. The van der Waals surface area contributed by atoms with E-state index in [2.05, 4.69) is 55.3 Å². The molecule has 1 heterocycles. The Labute approximate surface area is 230 Å². The monoisotopic (exact) mass is 544 g/mol. The normalized spacial score (nSPS) is 21.1. The predicted molar refractivity (Wildman–Crippen MR) is 153 cm³/mol. The van der Waals surface area contributed by atoms with E-state index in [0.717, 1.165) is 64.2 Å². The van der Waals surface area contributed by atoms with E-state index in [1.807, 2.05) is 11.9 Å². The number of anilines is 3. The maximum Gasteiger partial charge on any atom is 0.418 e. The quantitative estimate of drug-likeness (QED) is 0.387. The van der Waals surface area contributed by atoms with E-state index in [-0.39, 0.29) is 29.0 Å². The van der Waals surface area contributed by atoms with Gasteiger partial charge < -0.3 is 20.9 Å². The van der Waals surface area contributed by atoms with Gasteiger partial charge in [0.25, 0.3) is 0 Å². The van der Waals surface area contributed by atoms with E-state index in [1.54, 1.807) is 6.07 Å². The summed E-state index contributed by atoms with van der Waals surface area (Å²) in [4.78, 5) is 17.5. The van der Waals surface area contributed by atoms with Crippen LogP contribution in [0.25, 0.3) is 0 Å². The number of nitrogen functional groups attached to an aromatic ring is 1. The molecule has 1 saturated heterocycles. The Morgan fingerprint density at radius 3 is 2.15 bits per heavy atom. The van der Waals surface area contributed by atoms with Crippen LogP contribution in [-0.4, -0.2) is 43.5 Å². The Bertz CT molecular complexity index is 1110. The highest BCUT2D eigenvalue weighted by atomic mass is 19.4. The first-order chi connectivity index (χ1) is 18.3. The SMILES string of the molecule is CN(CC1CCN(c2ccc(C(C)(C)C)cc2)CC1)C(=O)C1CCC(Nc2ccc(N)c(C(F)(F)F)c2)CC1. The van der Waals surface area contributed by atoms with Crippen LogP contribution < -0.4 is 16.0 Å². The second-order valence-electron chi connectivity index (χ2n) is 12.4. The summed E-state index contributed by atoms with van der Waals surface area (Å²) in [5, 5.41) is 3.22. The minimum atomic E-state index is -4.48. The summed E-state index contributed by atoms with van der Waals surface area (Å²) < 4.78 is 39.6. The van der Waals surface area contributed by atoms with Crippen LogP contribution in [-0.2, 0) is 16.4 Å². The van der Waals surface area contributed by atoms with E-state index < -0.39 is 11.7 Å². The zero-order valence-electron chi connectivity index (χ0n) is 23.7. The molecule has 5 nitrogen and oxygen atoms in total. The number of amides is 1. The van der Waals surface area contributed by atoms with Gasteiger partial charge in [-0.25, -0.2) is 0 Å². The van der Waals surface area contributed by atoms with Crippen LogP contribution in [0.1, 0.15) is 70.4 Å². The van der Waals surface area contributed by atoms with Gasteiger partial charge in [-0.3, -0.25) is 4.79 Å². The molecule has 0 radical (unpaired) electrons. The van der Waals surface area contributed by atoms with Crippen LogP contribution in [0, 0.1) is 11.8 Å². The molecule has 0 spiro atoms. The molecule has 3 N–H and O–H groups in total. The standard InChI is InChI=1S/C31H43F3N4O/c1-30(2,3)23-7-12-26(13-8-23)38-17-15-21(16-18-38)20-37(4)29(39)22-5-9-24(10-6-22)36-25-11-14-28(35)27(19-25)31(32,33)34/h7-8,11-14,19,21-22,24,36H,5-6,9-10,15-18,20,35H2,1-4H3. The van der Waals surface area contributed by atoms with Gasteiger partial charge in [0, 0.05) is 55.7 Å². The molecule has 39 heavy (non-hydrogen) atoms. The van der Waals surface area contributed by atoms with Crippen LogP contribution in [0.15, 0.2) is 42.5 Å². The number of carbonyl (C=O) groups excluding carboxylic acids is 1. The van der Waals surface area contributed by atoms with E-state index in [0.29, 0.717) is 11.6 Å². The van der Waals surface area contributed by atoms with Crippen molar-refractivity contribution in [2.75, 3.05) is 42.6 Å². The summed E-state index contributed by atoms with van der Waals surface area (Å²) >= 11 is 0. The zero-order valence-corrected chi connectivity index (χ0v) is 23.7. The summed E-state index contributed by atoms with van der Waals surface area (Å²) in [6.07, 6.45) is 0.638. The lowest BCUT2D eigenvalue weighted by Gasteiger charge is -2.37. The molecule has 214 valence electrons. The first-order valence-corrected chi connectivity index (χ1v) is 14.1. The topological polar surface area (TPSA) is 61.6 Å². The second kappa shape index (κ2) is 11.7. The highest BCUT2D eigenvalue weighted by Gasteiger charge is 2.34. The Kier molecular flexibility index (Phi) is 8.72. The van der Waals surface area contributed by atoms with Gasteiger partial charge in [-0.05, 0) is 85.8 Å². The van der Waals surface area contributed by atoms with Crippen molar-refractivity contribution in [2.24, 2.45) is 11.8 Å². The molecule has 8 heteroatoms. The molecule has 0 unspecified atom stereocenters. The number of carbonyl (C=O) groups is 1. The largest absolute Gasteiger partial charge is 0.418 e. The van der Waals surface area contributed by atoms with Crippen molar-refractivity contribution in [2.45, 2.75) is 76.9 Å². The van der Waals surface area contributed by atoms with Gasteiger partial charge in [-0.2, -0.15) is 13.2 Å². The third-order valence-corrected chi connectivity index (χ3v) is 8.43. The highest BCUT2D eigenvalue weighted by molar-refractivity contribution is 5.78. The lowest BCUT2D eigenvalue weighted by atomic mass is 9.84. The smallest absolute Gasteiger partial charge is 0.398 e. The number of nitrogens with zero attached hydrogens (tertiary/aromatic N) is 2. The van der Waals surface area contributed by atoms with Crippen molar-refractivity contribution in [3.05, 3.63) is 53.6 Å². The lowest BCUT2D eigenvalue weighted by Crippen LogP contribution is -2.42. The Morgan fingerprint density at radius 1 is 0.974 bits per heavy atom. The van der Waals surface area contributed by atoms with E-state index >= 15 is 0 Å². The van der Waals surface area contributed by atoms with E-state index in [4.69, 9.17) is 5.73 Å². The van der Waals surface area contributed by atoms with Gasteiger partial charge in [0.1, 0.15) is 0 Å². The van der Waals surface area contributed by atoms with Gasteiger partial charge in [-0.15, -0.1) is 0 Å². The molecule has 2 aliphatic rings. The fourth-order valence-electron chi connectivity index (χ4n) is 5.95. The molecule has 2 aromatic carbocycles. The molecule has 0 atom stereocenters. The Hall–Kier alpha value is -2.90. The van der Waals surface area contributed by atoms with Crippen molar-refractivity contribution < 1.29 is 18.0 Å². The summed E-state index contributed by atoms with van der Waals surface area (Å²) in [6.45, 7) is 9.46. The number of piperidine rings is 1. The van der Waals surface area contributed by atoms with Gasteiger partial charge in [-0.1, -0.05) is 32.9 Å². The second-order valence-corrected chi connectivity index (χ2v) is 12.4. The fourth-order valence-corrected chi connectivity index (χ4v) is 5.95. The Morgan fingerprint density at radius 2 is 1.59 bits per heavy atom. The zero-order chi connectivity index (χ0) is 28.4. The molecular weight excluding hydrogens is 501 g/mol. The van der Waals surface area contributed by atoms with Crippen LogP contribution in [0.3, 0.4) is 0 Å². The molecule has 1 aliphatic carbocycles. The lowest BCUT2D eigenvalue weighted by molar-refractivity contribution is -0.137. The van der Waals surface area contributed by atoms with Crippen molar-refractivity contribution >= 4 is 23.0 Å². The molecule has 2 aromatic rings. The molecule has 0 bridgehead atoms. The molecule has 4 rings (SSSR count). The molecular formula is C31H43F3N4O. The maximum atomic E-state index is 13.2. The average Bonchev–Trinajstić information content (AvgIpc) is 2.89. The van der Waals surface area contributed by atoms with E-state index in [9.17, 15) is 18.0 Å². The summed E-state index contributed by atoms with van der Waals surface area (Å²) in [6, 6.07) is 12.9. The third-order valence-electron chi connectivity index (χ3n) is 8.43. The maximum absolute atomic E-state index is 13.2. The number of hydrogen-bond donors (Lipinski definition) is 2. The van der Waals surface area contributed by atoms with Gasteiger partial charge >= 0.3 is 6.18 Å². The van der Waals surface area contributed by atoms with Crippen molar-refractivity contribution in [1.29, 1.82) is 0 Å². The van der Waals surface area contributed by atoms with Crippen molar-refractivity contribution in [3.8, 4) is 0 Å². The van der Waals surface area contributed by atoms with Crippen molar-refractivity contribution in [1.82, 2.24) is 4.90 Å². The molecule has 1 amide bonds. The first kappa shape index (κ1) is 29.1. The first-order valence-electron chi connectivity index (χ1n) is 14.1. The molecule has 0 aromatic heterocycles. The summed E-state index contributed by atoms with van der Waals surface area (Å²) in [7, 11) is 1.91. The number of nitrogens with one attached hydrogen (secondary N) is 1. The number of nitrogens with two attached hydrogens (primary N) is 1. The summed E-state index contributed by atoms with van der Waals surface area (Å²) in [5.41, 5.74) is 7.60. The fraction of sp³-hybridized carbons (Fsp3) is 0.581. The Balaban J connectivity index is 1.21. The molecule has 2 fully saturated rings. The van der Waals surface area contributed by atoms with Crippen LogP contribution >= 0.6 is 0 Å². The molecule has 1 saturated carbocycles. The summed E-state index contributed by atoms with van der Waals surface area (Å²) in [5.74, 6) is 0.669. The minimum absolute atomic E-state index is 0.0216. The minimum Gasteiger partial charge on any atom is -0.398 e. The highest BCUT2D eigenvalue weighted by Crippen LogP contribution is 2.36. The van der Waals surface area contributed by atoms with Crippen LogP contribution in [0.4, 0.5) is 30.2 Å².